The zero-order valence-electron chi connectivity index (χ0n) is 15.2. The molecule has 2 aromatic carbocycles. The number of para-hydroxylation sites is 2. The molecule has 1 amide bonds. The maximum Gasteiger partial charge on any atom is 0.328 e. The molecular formula is C22H20N2O3. The number of rotatable bonds is 3. The number of aliphatic carboxylic acids is 1. The summed E-state index contributed by atoms with van der Waals surface area (Å²) in [6.45, 7) is 2.06. The molecule has 0 radical (unpaired) electrons. The smallest absolute Gasteiger partial charge is 0.328 e. The molecule has 0 fully saturated rings. The molecule has 0 spiro atoms. The molecule has 5 nitrogen and oxygen atoms in total. The molecule has 0 saturated carbocycles. The Kier molecular flexibility index (Phi) is 4.07. The van der Waals surface area contributed by atoms with Gasteiger partial charge in [0.25, 0.3) is 5.91 Å². The summed E-state index contributed by atoms with van der Waals surface area (Å²) in [5, 5.41) is 10.0. The Bertz CT molecular complexity index is 1090. The van der Waals surface area contributed by atoms with Gasteiger partial charge in [-0.2, -0.15) is 0 Å². The van der Waals surface area contributed by atoms with Gasteiger partial charge in [0, 0.05) is 47.0 Å². The van der Waals surface area contributed by atoms with E-state index in [4.69, 9.17) is 5.11 Å². The zero-order valence-corrected chi connectivity index (χ0v) is 15.2. The highest BCUT2D eigenvalue weighted by molar-refractivity contribution is 6.06. The molecule has 4 rings (SSSR count). The fourth-order valence-electron chi connectivity index (χ4n) is 4.08. The van der Waals surface area contributed by atoms with Gasteiger partial charge in [0.1, 0.15) is 0 Å². The van der Waals surface area contributed by atoms with Gasteiger partial charge in [-0.3, -0.25) is 4.79 Å². The summed E-state index contributed by atoms with van der Waals surface area (Å²) >= 11 is 0. The number of carboxylic acids is 1. The predicted molar refractivity (Wildman–Crippen MR) is 105 cm³/mol. The topological polar surface area (TPSA) is 62.5 Å². The highest BCUT2D eigenvalue weighted by Crippen LogP contribution is 2.44. The maximum atomic E-state index is 12.9. The van der Waals surface area contributed by atoms with Crippen LogP contribution in [0.1, 0.15) is 22.9 Å². The average molecular weight is 360 g/mol. The van der Waals surface area contributed by atoms with Crippen molar-refractivity contribution < 1.29 is 14.7 Å². The molecule has 1 aliphatic heterocycles. The highest BCUT2D eigenvalue weighted by Gasteiger charge is 2.36. The Morgan fingerprint density at radius 3 is 2.56 bits per heavy atom. The Hall–Kier alpha value is -3.34. The number of fused-ring (bicyclic) bond motifs is 2. The molecule has 136 valence electrons. The predicted octanol–water partition coefficient (Wildman–Crippen LogP) is 3.76. The molecule has 1 N–H and O–H groups in total. The van der Waals surface area contributed by atoms with Crippen LogP contribution in [0.4, 0.5) is 5.69 Å². The normalized spacial score (nSPS) is 16.2. The first-order chi connectivity index (χ1) is 13.0. The van der Waals surface area contributed by atoms with E-state index in [1.165, 1.54) is 0 Å². The standard InChI is InChI=1S/C22H20N2O3/c1-14-22(16-8-4-6-10-18(16)23(14)2)19-13-15-7-3-5-9-17(15)24(19)20(25)11-12-21(26)27/h3-12,19H,13H2,1-2H3,(H,26,27)/b12-11+. The summed E-state index contributed by atoms with van der Waals surface area (Å²) < 4.78 is 2.14. The van der Waals surface area contributed by atoms with Crippen molar-refractivity contribution in [2.45, 2.75) is 19.4 Å². The second-order valence-corrected chi connectivity index (χ2v) is 6.80. The number of carbonyl (C=O) groups is 2. The lowest BCUT2D eigenvalue weighted by molar-refractivity contribution is -0.131. The third kappa shape index (κ3) is 2.72. The molecule has 5 heteroatoms. The lowest BCUT2D eigenvalue weighted by Crippen LogP contribution is -2.31. The minimum absolute atomic E-state index is 0.167. The van der Waals surface area contributed by atoms with Crippen LogP contribution in [-0.2, 0) is 23.1 Å². The number of aryl methyl sites for hydroxylation is 1. The Balaban J connectivity index is 1.89. The van der Waals surface area contributed by atoms with Crippen LogP contribution in [0, 0.1) is 6.92 Å². The Morgan fingerprint density at radius 2 is 1.78 bits per heavy atom. The molecule has 1 aliphatic rings. The van der Waals surface area contributed by atoms with Gasteiger partial charge in [-0.25, -0.2) is 4.79 Å². The van der Waals surface area contributed by atoms with E-state index in [0.717, 1.165) is 45.6 Å². The van der Waals surface area contributed by atoms with Crippen LogP contribution in [0.25, 0.3) is 10.9 Å². The average Bonchev–Trinajstić information content (AvgIpc) is 3.15. The zero-order chi connectivity index (χ0) is 19.1. The van der Waals surface area contributed by atoms with E-state index < -0.39 is 5.97 Å². The van der Waals surface area contributed by atoms with Crippen molar-refractivity contribution in [3.63, 3.8) is 0 Å². The van der Waals surface area contributed by atoms with E-state index in [1.807, 2.05) is 43.4 Å². The molecule has 2 heterocycles. The third-order valence-corrected chi connectivity index (χ3v) is 5.36. The van der Waals surface area contributed by atoms with E-state index >= 15 is 0 Å². The first-order valence-corrected chi connectivity index (χ1v) is 8.85. The first kappa shape index (κ1) is 17.1. The van der Waals surface area contributed by atoms with E-state index in [1.54, 1.807) is 4.90 Å². The second kappa shape index (κ2) is 6.43. The van der Waals surface area contributed by atoms with Crippen molar-refractivity contribution in [1.82, 2.24) is 4.57 Å². The van der Waals surface area contributed by atoms with Crippen molar-refractivity contribution in [3.8, 4) is 0 Å². The molecule has 27 heavy (non-hydrogen) atoms. The molecule has 1 atom stereocenters. The molecule has 0 bridgehead atoms. The van der Waals surface area contributed by atoms with Crippen molar-refractivity contribution >= 4 is 28.5 Å². The number of carboxylic acid groups (broad SMARTS) is 1. The first-order valence-electron chi connectivity index (χ1n) is 8.85. The van der Waals surface area contributed by atoms with Gasteiger partial charge in [-0.05, 0) is 31.0 Å². The van der Waals surface area contributed by atoms with Crippen LogP contribution >= 0.6 is 0 Å². The summed E-state index contributed by atoms with van der Waals surface area (Å²) in [5.41, 5.74) is 5.27. The van der Waals surface area contributed by atoms with Gasteiger partial charge in [-0.1, -0.05) is 36.4 Å². The van der Waals surface area contributed by atoms with Crippen molar-refractivity contribution in [2.75, 3.05) is 4.90 Å². The van der Waals surface area contributed by atoms with Crippen LogP contribution < -0.4 is 4.90 Å². The molecule has 0 aliphatic carbocycles. The van der Waals surface area contributed by atoms with Gasteiger partial charge < -0.3 is 14.6 Å². The molecule has 0 saturated heterocycles. The SMILES string of the molecule is Cc1c(C2Cc3ccccc3N2C(=O)/C=C/C(=O)O)c2ccccc2n1C. The summed E-state index contributed by atoms with van der Waals surface area (Å²) in [6, 6.07) is 15.8. The minimum Gasteiger partial charge on any atom is -0.478 e. The van der Waals surface area contributed by atoms with Gasteiger partial charge in [0.15, 0.2) is 0 Å². The van der Waals surface area contributed by atoms with Crippen LogP contribution in [0.3, 0.4) is 0 Å². The second-order valence-electron chi connectivity index (χ2n) is 6.80. The number of amides is 1. The summed E-state index contributed by atoms with van der Waals surface area (Å²) in [5.74, 6) is -1.45. The van der Waals surface area contributed by atoms with Crippen LogP contribution in [0.15, 0.2) is 60.7 Å². The summed E-state index contributed by atoms with van der Waals surface area (Å²) in [4.78, 5) is 25.5. The van der Waals surface area contributed by atoms with Crippen LogP contribution in [0.2, 0.25) is 0 Å². The third-order valence-electron chi connectivity index (χ3n) is 5.36. The number of hydrogen-bond acceptors (Lipinski definition) is 2. The quantitative estimate of drug-likeness (QED) is 0.724. The van der Waals surface area contributed by atoms with Crippen LogP contribution in [-0.4, -0.2) is 21.6 Å². The van der Waals surface area contributed by atoms with Gasteiger partial charge >= 0.3 is 5.97 Å². The van der Waals surface area contributed by atoms with E-state index in [2.05, 4.69) is 23.6 Å². The summed E-state index contributed by atoms with van der Waals surface area (Å²) in [7, 11) is 2.03. The summed E-state index contributed by atoms with van der Waals surface area (Å²) in [6.07, 6.45) is 2.74. The number of carbonyl (C=O) groups excluding carboxylic acids is 1. The fraction of sp³-hybridized carbons (Fsp3) is 0.182. The van der Waals surface area contributed by atoms with Gasteiger partial charge in [0.05, 0.1) is 6.04 Å². The maximum absolute atomic E-state index is 12.9. The van der Waals surface area contributed by atoms with E-state index in [0.29, 0.717) is 6.42 Å². The number of hydrogen-bond donors (Lipinski definition) is 1. The molecule has 1 unspecified atom stereocenters. The molecule has 3 aromatic rings. The number of benzene rings is 2. The van der Waals surface area contributed by atoms with E-state index in [-0.39, 0.29) is 11.9 Å². The van der Waals surface area contributed by atoms with Crippen molar-refractivity contribution in [2.24, 2.45) is 7.05 Å². The Labute approximate surface area is 157 Å². The Morgan fingerprint density at radius 1 is 1.07 bits per heavy atom. The number of nitrogens with zero attached hydrogens (tertiary/aromatic N) is 2. The van der Waals surface area contributed by atoms with Crippen LogP contribution in [0.5, 0.6) is 0 Å². The molecule has 1 aromatic heterocycles. The van der Waals surface area contributed by atoms with E-state index in [9.17, 15) is 9.59 Å². The monoisotopic (exact) mass is 360 g/mol. The fourth-order valence-corrected chi connectivity index (χ4v) is 4.08. The van der Waals surface area contributed by atoms with Gasteiger partial charge in [0.2, 0.25) is 0 Å². The number of anilines is 1. The van der Waals surface area contributed by atoms with Crippen molar-refractivity contribution in [1.29, 1.82) is 0 Å². The largest absolute Gasteiger partial charge is 0.478 e. The molecular weight excluding hydrogens is 340 g/mol. The lowest BCUT2D eigenvalue weighted by Gasteiger charge is -2.25. The van der Waals surface area contributed by atoms with Gasteiger partial charge in [-0.15, -0.1) is 0 Å². The number of aromatic nitrogens is 1. The lowest BCUT2D eigenvalue weighted by atomic mass is 9.99. The van der Waals surface area contributed by atoms with Crippen molar-refractivity contribution in [3.05, 3.63) is 77.5 Å². The highest BCUT2D eigenvalue weighted by atomic mass is 16.4. The minimum atomic E-state index is -1.13.